The second-order valence-corrected chi connectivity index (χ2v) is 3.69. The summed E-state index contributed by atoms with van der Waals surface area (Å²) in [5, 5.41) is 5.22. The Morgan fingerprint density at radius 3 is 2.80 bits per heavy atom. The fourth-order valence-corrected chi connectivity index (χ4v) is 1.44. The second-order valence-electron chi connectivity index (χ2n) is 2.83. The first-order valence-electron chi connectivity index (χ1n) is 4.42. The molecule has 15 heavy (non-hydrogen) atoms. The fraction of sp³-hybridized carbons (Fsp3) is 0.182. The van der Waals surface area contributed by atoms with Gasteiger partial charge in [0, 0.05) is 11.0 Å². The van der Waals surface area contributed by atoms with Gasteiger partial charge in [0.15, 0.2) is 0 Å². The van der Waals surface area contributed by atoms with Crippen molar-refractivity contribution in [3.63, 3.8) is 0 Å². The molecular weight excluding hydrogens is 256 g/mol. The molecule has 2 amide bonds. The molecule has 2 N–H and O–H groups in total. The average Bonchev–Trinajstić information content (AvgIpc) is 2.25. The molecule has 1 aromatic carbocycles. The van der Waals surface area contributed by atoms with Gasteiger partial charge in [0.1, 0.15) is 0 Å². The molecule has 0 saturated heterocycles. The second kappa shape index (κ2) is 6.10. The summed E-state index contributed by atoms with van der Waals surface area (Å²) in [5.41, 5.74) is 1.02. The van der Waals surface area contributed by atoms with Crippen LogP contribution in [-0.2, 0) is 6.54 Å². The smallest absolute Gasteiger partial charge is 0.315 e. The van der Waals surface area contributed by atoms with Crippen molar-refractivity contribution in [2.75, 3.05) is 6.54 Å². The minimum absolute atomic E-state index is 0.238. The van der Waals surface area contributed by atoms with Gasteiger partial charge in [-0.1, -0.05) is 40.0 Å². The summed E-state index contributed by atoms with van der Waals surface area (Å²) in [6, 6.07) is 7.44. The van der Waals surface area contributed by atoms with Crippen molar-refractivity contribution in [3.8, 4) is 12.3 Å². The monoisotopic (exact) mass is 266 g/mol. The van der Waals surface area contributed by atoms with E-state index in [0.717, 1.165) is 10.0 Å². The number of urea groups is 1. The van der Waals surface area contributed by atoms with Gasteiger partial charge in [-0.05, 0) is 11.6 Å². The molecule has 0 heterocycles. The van der Waals surface area contributed by atoms with Gasteiger partial charge in [-0.25, -0.2) is 4.79 Å². The maximum absolute atomic E-state index is 11.2. The van der Waals surface area contributed by atoms with Crippen LogP contribution < -0.4 is 10.6 Å². The van der Waals surface area contributed by atoms with Crippen molar-refractivity contribution < 1.29 is 4.79 Å². The molecule has 0 fully saturated rings. The highest BCUT2D eigenvalue weighted by atomic mass is 79.9. The van der Waals surface area contributed by atoms with Gasteiger partial charge in [-0.15, -0.1) is 6.42 Å². The highest BCUT2D eigenvalue weighted by Crippen LogP contribution is 2.14. The third-order valence-electron chi connectivity index (χ3n) is 1.75. The molecular formula is C11H11BrN2O. The van der Waals surface area contributed by atoms with Crippen LogP contribution in [-0.4, -0.2) is 12.6 Å². The minimum atomic E-state index is -0.260. The largest absolute Gasteiger partial charge is 0.334 e. The summed E-state index contributed by atoms with van der Waals surface area (Å²) >= 11 is 3.39. The van der Waals surface area contributed by atoms with Crippen molar-refractivity contribution in [3.05, 3.63) is 34.3 Å². The van der Waals surface area contributed by atoms with Crippen LogP contribution in [0.4, 0.5) is 4.79 Å². The fourth-order valence-electron chi connectivity index (χ4n) is 1.01. The number of nitrogens with one attached hydrogen (secondary N) is 2. The van der Waals surface area contributed by atoms with E-state index in [4.69, 9.17) is 6.42 Å². The SMILES string of the molecule is C#CCNC(=O)NCc1ccccc1Br. The summed E-state index contributed by atoms with van der Waals surface area (Å²) in [6.45, 7) is 0.708. The van der Waals surface area contributed by atoms with E-state index in [1.165, 1.54) is 0 Å². The summed E-state index contributed by atoms with van der Waals surface area (Å²) in [7, 11) is 0. The van der Waals surface area contributed by atoms with Gasteiger partial charge in [0.25, 0.3) is 0 Å². The highest BCUT2D eigenvalue weighted by Gasteiger charge is 2.01. The van der Waals surface area contributed by atoms with E-state index in [0.29, 0.717) is 6.54 Å². The lowest BCUT2D eigenvalue weighted by Gasteiger charge is -2.06. The normalized spacial score (nSPS) is 9.07. The number of benzene rings is 1. The van der Waals surface area contributed by atoms with Gasteiger partial charge in [0.05, 0.1) is 6.54 Å². The first kappa shape index (κ1) is 11.6. The van der Waals surface area contributed by atoms with Crippen LogP contribution in [0, 0.1) is 12.3 Å². The first-order valence-corrected chi connectivity index (χ1v) is 5.22. The highest BCUT2D eigenvalue weighted by molar-refractivity contribution is 9.10. The van der Waals surface area contributed by atoms with E-state index in [2.05, 4.69) is 32.5 Å². The molecule has 0 aromatic heterocycles. The van der Waals surface area contributed by atoms with Gasteiger partial charge < -0.3 is 10.6 Å². The molecule has 0 unspecified atom stereocenters. The Balaban J connectivity index is 2.41. The Morgan fingerprint density at radius 1 is 1.40 bits per heavy atom. The third kappa shape index (κ3) is 4.05. The summed E-state index contributed by atoms with van der Waals surface area (Å²) in [5.74, 6) is 2.33. The Bertz CT molecular complexity index is 384. The first-order chi connectivity index (χ1) is 7.24. The molecule has 0 aliphatic carbocycles. The third-order valence-corrected chi connectivity index (χ3v) is 2.52. The molecule has 1 aromatic rings. The Hall–Kier alpha value is -1.47. The van der Waals surface area contributed by atoms with Gasteiger partial charge in [-0.2, -0.15) is 0 Å². The minimum Gasteiger partial charge on any atom is -0.334 e. The van der Waals surface area contributed by atoms with Crippen molar-refractivity contribution in [1.82, 2.24) is 10.6 Å². The number of terminal acetylenes is 1. The van der Waals surface area contributed by atoms with Crippen LogP contribution in [0.5, 0.6) is 0 Å². The van der Waals surface area contributed by atoms with E-state index < -0.39 is 0 Å². The zero-order chi connectivity index (χ0) is 11.1. The Kier molecular flexibility index (Phi) is 4.72. The lowest BCUT2D eigenvalue weighted by atomic mass is 10.2. The molecule has 4 heteroatoms. The molecule has 0 atom stereocenters. The van der Waals surface area contributed by atoms with Gasteiger partial charge >= 0.3 is 6.03 Å². The molecule has 0 bridgehead atoms. The molecule has 0 spiro atoms. The maximum Gasteiger partial charge on any atom is 0.315 e. The predicted octanol–water partition coefficient (Wildman–Crippen LogP) is 1.88. The number of hydrogen-bond donors (Lipinski definition) is 2. The van der Waals surface area contributed by atoms with Gasteiger partial charge in [-0.3, -0.25) is 0 Å². The standard InChI is InChI=1S/C11H11BrN2O/c1-2-7-13-11(15)14-8-9-5-3-4-6-10(9)12/h1,3-6H,7-8H2,(H2,13,14,15). The van der Waals surface area contributed by atoms with Crippen LogP contribution >= 0.6 is 15.9 Å². The zero-order valence-corrected chi connectivity index (χ0v) is 9.67. The van der Waals surface area contributed by atoms with Crippen molar-refractivity contribution in [2.45, 2.75) is 6.54 Å². The maximum atomic E-state index is 11.2. The van der Waals surface area contributed by atoms with Crippen molar-refractivity contribution >= 4 is 22.0 Å². The summed E-state index contributed by atoms with van der Waals surface area (Å²) in [6.07, 6.45) is 5.01. The number of amides is 2. The Labute approximate surface area is 97.4 Å². The molecule has 0 radical (unpaired) electrons. The van der Waals surface area contributed by atoms with Crippen molar-refractivity contribution in [2.24, 2.45) is 0 Å². The molecule has 0 aliphatic heterocycles. The predicted molar refractivity (Wildman–Crippen MR) is 63.2 cm³/mol. The van der Waals surface area contributed by atoms with Crippen LogP contribution in [0.2, 0.25) is 0 Å². The summed E-state index contributed by atoms with van der Waals surface area (Å²) < 4.78 is 0.974. The number of carbonyl (C=O) groups excluding carboxylic acids is 1. The van der Waals surface area contributed by atoms with E-state index in [1.54, 1.807) is 0 Å². The van der Waals surface area contributed by atoms with E-state index in [-0.39, 0.29) is 12.6 Å². The number of halogens is 1. The lowest BCUT2D eigenvalue weighted by Crippen LogP contribution is -2.35. The van der Waals surface area contributed by atoms with Crippen LogP contribution in [0.25, 0.3) is 0 Å². The number of carbonyl (C=O) groups is 1. The zero-order valence-electron chi connectivity index (χ0n) is 8.09. The van der Waals surface area contributed by atoms with E-state index >= 15 is 0 Å². The lowest BCUT2D eigenvalue weighted by molar-refractivity contribution is 0.241. The van der Waals surface area contributed by atoms with Crippen LogP contribution in [0.1, 0.15) is 5.56 Å². The van der Waals surface area contributed by atoms with Crippen LogP contribution in [0.15, 0.2) is 28.7 Å². The topological polar surface area (TPSA) is 41.1 Å². The quantitative estimate of drug-likeness (QED) is 0.807. The number of rotatable bonds is 3. The van der Waals surface area contributed by atoms with E-state index in [1.807, 2.05) is 24.3 Å². The van der Waals surface area contributed by atoms with Crippen molar-refractivity contribution in [1.29, 1.82) is 0 Å². The molecule has 0 saturated carbocycles. The molecule has 3 nitrogen and oxygen atoms in total. The molecule has 1 rings (SSSR count). The Morgan fingerprint density at radius 2 is 2.13 bits per heavy atom. The summed E-state index contributed by atoms with van der Waals surface area (Å²) in [4.78, 5) is 11.2. The van der Waals surface area contributed by atoms with Gasteiger partial charge in [0.2, 0.25) is 0 Å². The molecule has 78 valence electrons. The molecule has 0 aliphatic rings. The number of hydrogen-bond acceptors (Lipinski definition) is 1. The average molecular weight is 267 g/mol. The van der Waals surface area contributed by atoms with Crippen LogP contribution in [0.3, 0.4) is 0 Å². The van der Waals surface area contributed by atoms with E-state index in [9.17, 15) is 4.79 Å².